The molecule has 0 unspecified atom stereocenters. The fourth-order valence-electron chi connectivity index (χ4n) is 0.0364. The summed E-state index contributed by atoms with van der Waals surface area (Å²) in [6, 6.07) is 0. The molecule has 0 heterocycles. The third-order valence-corrected chi connectivity index (χ3v) is 0.285. The molecule has 0 nitrogen and oxygen atoms in total. The molecule has 0 aromatic carbocycles. The van der Waals surface area contributed by atoms with Gasteiger partial charge in [-0.1, -0.05) is 17.5 Å². The van der Waals surface area contributed by atoms with Crippen LogP contribution in [0.15, 0.2) is 11.6 Å². The van der Waals surface area contributed by atoms with Crippen LogP contribution in [0, 0.1) is 12.3 Å². The van der Waals surface area contributed by atoms with Gasteiger partial charge in [0.15, 0.2) is 0 Å². The van der Waals surface area contributed by atoms with Crippen LogP contribution in [0.25, 0.3) is 0 Å². The highest BCUT2D eigenvalue weighted by atomic mass is 35.5. The summed E-state index contributed by atoms with van der Waals surface area (Å²) in [6.45, 7) is 0. The number of halogens is 1. The standard InChI is InChI=1S/C4H3Cl/c1-2-3-4-5/h1,3-4H/b4-3-. The van der Waals surface area contributed by atoms with Crippen molar-refractivity contribution in [1.82, 2.24) is 0 Å². The summed E-state index contributed by atoms with van der Waals surface area (Å²) in [5, 5.41) is 0. The van der Waals surface area contributed by atoms with E-state index in [-0.39, 0.29) is 0 Å². The molecule has 0 saturated carbocycles. The monoisotopic (exact) mass is 86.0 g/mol. The molecular formula is C4H3Cl. The first-order valence-corrected chi connectivity index (χ1v) is 1.57. The zero-order valence-corrected chi connectivity index (χ0v) is 3.37. The number of allylic oxidation sites excluding steroid dienone is 1. The SMILES string of the molecule is C#C/C=C\Cl. The quantitative estimate of drug-likeness (QED) is 0.391. The summed E-state index contributed by atoms with van der Waals surface area (Å²) in [5.41, 5.74) is 1.29. The van der Waals surface area contributed by atoms with Gasteiger partial charge in [0.2, 0.25) is 0 Å². The van der Waals surface area contributed by atoms with E-state index in [0.29, 0.717) is 0 Å². The van der Waals surface area contributed by atoms with Gasteiger partial charge in [-0.25, -0.2) is 0 Å². The molecule has 5 heavy (non-hydrogen) atoms. The number of rotatable bonds is 0. The average molecular weight is 86.5 g/mol. The Hall–Kier alpha value is -0.410. The van der Waals surface area contributed by atoms with Gasteiger partial charge in [-0.3, -0.25) is 0 Å². The lowest BCUT2D eigenvalue weighted by Gasteiger charge is -1.49. The maximum absolute atomic E-state index is 4.98. The molecular weight excluding hydrogens is 83.5 g/mol. The molecule has 0 aliphatic carbocycles. The Kier molecular flexibility index (Phi) is 3.30. The predicted octanol–water partition coefficient (Wildman–Crippen LogP) is 1.37. The molecule has 0 aromatic rings. The third kappa shape index (κ3) is 3.59. The summed E-state index contributed by atoms with van der Waals surface area (Å²) in [6.07, 6.45) is 6.14. The summed E-state index contributed by atoms with van der Waals surface area (Å²) in [4.78, 5) is 0. The van der Waals surface area contributed by atoms with Crippen LogP contribution < -0.4 is 0 Å². The van der Waals surface area contributed by atoms with E-state index in [0.717, 1.165) is 0 Å². The van der Waals surface area contributed by atoms with Crippen molar-refractivity contribution in [3.8, 4) is 12.3 Å². The number of terminal acetylenes is 1. The van der Waals surface area contributed by atoms with Crippen molar-refractivity contribution >= 4 is 11.6 Å². The minimum absolute atomic E-state index is 1.29. The van der Waals surface area contributed by atoms with E-state index in [4.69, 9.17) is 18.0 Å². The summed E-state index contributed by atoms with van der Waals surface area (Å²) in [7, 11) is 0. The molecule has 0 amide bonds. The third-order valence-electron chi connectivity index (χ3n) is 0.159. The minimum Gasteiger partial charge on any atom is -0.115 e. The Morgan fingerprint density at radius 1 is 1.80 bits per heavy atom. The van der Waals surface area contributed by atoms with E-state index < -0.39 is 0 Å². The molecule has 1 heteroatoms. The van der Waals surface area contributed by atoms with E-state index >= 15 is 0 Å². The van der Waals surface area contributed by atoms with Crippen LogP contribution in [-0.2, 0) is 0 Å². The first kappa shape index (κ1) is 4.59. The Morgan fingerprint density at radius 3 is 2.40 bits per heavy atom. The maximum atomic E-state index is 4.98. The van der Waals surface area contributed by atoms with Crippen LogP contribution in [0.3, 0.4) is 0 Å². The normalized spacial score (nSPS) is 8.00. The van der Waals surface area contributed by atoms with Crippen molar-refractivity contribution in [1.29, 1.82) is 0 Å². The summed E-state index contributed by atoms with van der Waals surface area (Å²) in [5.74, 6) is 2.20. The highest BCUT2D eigenvalue weighted by Crippen LogP contribution is 1.71. The lowest BCUT2D eigenvalue weighted by atomic mass is 10.7. The molecule has 0 rings (SSSR count). The highest BCUT2D eigenvalue weighted by Gasteiger charge is 1.43. The molecule has 0 N–H and O–H groups in total. The van der Waals surface area contributed by atoms with Crippen LogP contribution in [0.1, 0.15) is 0 Å². The van der Waals surface area contributed by atoms with Gasteiger partial charge >= 0.3 is 0 Å². The van der Waals surface area contributed by atoms with Crippen molar-refractivity contribution in [3.05, 3.63) is 11.6 Å². The fourth-order valence-corrected chi connectivity index (χ4v) is 0.109. The largest absolute Gasteiger partial charge is 0.115 e. The number of hydrogen-bond donors (Lipinski definition) is 0. The Labute approximate surface area is 36.4 Å². The Bertz CT molecular complexity index is 66.2. The predicted molar refractivity (Wildman–Crippen MR) is 23.8 cm³/mol. The minimum atomic E-state index is 1.29. The first-order valence-electron chi connectivity index (χ1n) is 1.13. The van der Waals surface area contributed by atoms with Gasteiger partial charge < -0.3 is 0 Å². The van der Waals surface area contributed by atoms with Gasteiger partial charge in [-0.05, 0) is 6.08 Å². The highest BCUT2D eigenvalue weighted by molar-refractivity contribution is 6.25. The summed E-state index contributed by atoms with van der Waals surface area (Å²) >= 11 is 4.98. The second kappa shape index (κ2) is 3.59. The molecule has 0 aromatic heterocycles. The van der Waals surface area contributed by atoms with Gasteiger partial charge in [-0.2, -0.15) is 0 Å². The lowest BCUT2D eigenvalue weighted by Crippen LogP contribution is -1.31. The van der Waals surface area contributed by atoms with Crippen LogP contribution >= 0.6 is 11.6 Å². The maximum Gasteiger partial charge on any atom is 0.0126 e. The number of hydrogen-bond acceptors (Lipinski definition) is 0. The Morgan fingerprint density at radius 2 is 2.40 bits per heavy atom. The van der Waals surface area contributed by atoms with Gasteiger partial charge in [-0.15, -0.1) is 6.42 Å². The van der Waals surface area contributed by atoms with Crippen LogP contribution in [0.4, 0.5) is 0 Å². The zero-order chi connectivity index (χ0) is 4.12. The first-order chi connectivity index (χ1) is 2.41. The van der Waals surface area contributed by atoms with Gasteiger partial charge in [0.25, 0.3) is 0 Å². The molecule has 0 atom stereocenters. The van der Waals surface area contributed by atoms with Crippen LogP contribution in [-0.4, -0.2) is 0 Å². The topological polar surface area (TPSA) is 0 Å². The van der Waals surface area contributed by atoms with Crippen molar-refractivity contribution in [2.75, 3.05) is 0 Å². The van der Waals surface area contributed by atoms with E-state index in [1.54, 1.807) is 0 Å². The molecule has 0 aliphatic rings. The lowest BCUT2D eigenvalue weighted by molar-refractivity contribution is 2.28. The van der Waals surface area contributed by atoms with Crippen LogP contribution in [0.5, 0.6) is 0 Å². The van der Waals surface area contributed by atoms with Crippen molar-refractivity contribution in [2.45, 2.75) is 0 Å². The second-order valence-corrected chi connectivity index (χ2v) is 0.711. The van der Waals surface area contributed by atoms with Crippen LogP contribution in [0.2, 0.25) is 0 Å². The van der Waals surface area contributed by atoms with E-state index in [1.165, 1.54) is 11.6 Å². The van der Waals surface area contributed by atoms with E-state index in [1.807, 2.05) is 0 Å². The molecule has 0 saturated heterocycles. The van der Waals surface area contributed by atoms with E-state index in [9.17, 15) is 0 Å². The fraction of sp³-hybridized carbons (Fsp3) is 0. The van der Waals surface area contributed by atoms with Crippen molar-refractivity contribution < 1.29 is 0 Å². The molecule has 0 spiro atoms. The molecule has 0 bridgehead atoms. The second-order valence-electron chi connectivity index (χ2n) is 0.459. The van der Waals surface area contributed by atoms with E-state index in [2.05, 4.69) is 5.92 Å². The molecule has 0 aliphatic heterocycles. The zero-order valence-electron chi connectivity index (χ0n) is 2.61. The smallest absolute Gasteiger partial charge is 0.0126 e. The molecule has 0 fully saturated rings. The van der Waals surface area contributed by atoms with Gasteiger partial charge in [0, 0.05) is 5.54 Å². The van der Waals surface area contributed by atoms with Gasteiger partial charge in [0.05, 0.1) is 0 Å². The van der Waals surface area contributed by atoms with Crippen molar-refractivity contribution in [2.24, 2.45) is 0 Å². The molecule has 26 valence electrons. The Balaban J connectivity index is 3.04. The summed E-state index contributed by atoms with van der Waals surface area (Å²) < 4.78 is 0. The molecule has 0 radical (unpaired) electrons. The van der Waals surface area contributed by atoms with Crippen molar-refractivity contribution in [3.63, 3.8) is 0 Å². The average Bonchev–Trinajstić information content (AvgIpc) is 1.41. The van der Waals surface area contributed by atoms with Gasteiger partial charge in [0.1, 0.15) is 0 Å².